The second-order valence-corrected chi connectivity index (χ2v) is 5.32. The summed E-state index contributed by atoms with van der Waals surface area (Å²) in [6.45, 7) is 4.92. The van der Waals surface area contributed by atoms with E-state index in [0.29, 0.717) is 6.54 Å². The number of methoxy groups -OCH3 is 1. The van der Waals surface area contributed by atoms with Gasteiger partial charge >= 0.3 is 0 Å². The lowest BCUT2D eigenvalue weighted by Crippen LogP contribution is -2.28. The molecular weight excluding hydrogens is 276 g/mol. The number of carbonyl (C=O) groups is 1. The molecule has 2 aromatic carbocycles. The SMILES string of the molecule is COc1ccc(CNCC(=O)Nc2cc(C)ccc2C)cc1. The summed E-state index contributed by atoms with van der Waals surface area (Å²) in [5.41, 5.74) is 4.18. The quantitative estimate of drug-likeness (QED) is 0.862. The molecule has 0 heterocycles. The molecule has 0 bridgehead atoms. The number of nitrogens with one attached hydrogen (secondary N) is 2. The maximum absolute atomic E-state index is 12.0. The van der Waals surface area contributed by atoms with Gasteiger partial charge in [-0.2, -0.15) is 0 Å². The van der Waals surface area contributed by atoms with E-state index in [4.69, 9.17) is 4.74 Å². The Balaban J connectivity index is 1.81. The molecule has 22 heavy (non-hydrogen) atoms. The Hall–Kier alpha value is -2.33. The van der Waals surface area contributed by atoms with Crippen LogP contribution in [-0.4, -0.2) is 19.6 Å². The van der Waals surface area contributed by atoms with Gasteiger partial charge in [-0.3, -0.25) is 4.79 Å². The molecule has 0 aliphatic heterocycles. The molecule has 2 rings (SSSR count). The highest BCUT2D eigenvalue weighted by Crippen LogP contribution is 2.16. The molecule has 0 spiro atoms. The van der Waals surface area contributed by atoms with Crippen LogP contribution in [0.15, 0.2) is 42.5 Å². The number of amides is 1. The van der Waals surface area contributed by atoms with Gasteiger partial charge in [0, 0.05) is 12.2 Å². The first-order chi connectivity index (χ1) is 10.6. The second-order valence-electron chi connectivity index (χ2n) is 5.32. The predicted octanol–water partition coefficient (Wildman–Crippen LogP) is 3.04. The summed E-state index contributed by atoms with van der Waals surface area (Å²) < 4.78 is 5.11. The molecule has 0 aliphatic carbocycles. The van der Waals surface area contributed by atoms with Crippen molar-refractivity contribution in [2.45, 2.75) is 20.4 Å². The van der Waals surface area contributed by atoms with Gasteiger partial charge in [0.1, 0.15) is 5.75 Å². The van der Waals surface area contributed by atoms with E-state index in [9.17, 15) is 4.79 Å². The van der Waals surface area contributed by atoms with Gasteiger partial charge < -0.3 is 15.4 Å². The Bertz CT molecular complexity index is 636. The number of ether oxygens (including phenoxy) is 1. The van der Waals surface area contributed by atoms with Crippen molar-refractivity contribution in [3.8, 4) is 5.75 Å². The average molecular weight is 298 g/mol. The number of carbonyl (C=O) groups excluding carboxylic acids is 1. The van der Waals surface area contributed by atoms with Crippen molar-refractivity contribution in [1.82, 2.24) is 5.32 Å². The normalized spacial score (nSPS) is 10.3. The van der Waals surface area contributed by atoms with Crippen LogP contribution in [0.2, 0.25) is 0 Å². The van der Waals surface area contributed by atoms with Gasteiger partial charge in [-0.1, -0.05) is 24.3 Å². The number of aryl methyl sites for hydroxylation is 2. The first kappa shape index (κ1) is 16.0. The standard InChI is InChI=1S/C18H22N2O2/c1-13-4-5-14(2)17(10-13)20-18(21)12-19-11-15-6-8-16(22-3)9-7-15/h4-10,19H,11-12H2,1-3H3,(H,20,21). The molecule has 2 N–H and O–H groups in total. The van der Waals surface area contributed by atoms with E-state index in [-0.39, 0.29) is 12.5 Å². The number of benzene rings is 2. The van der Waals surface area contributed by atoms with Crippen molar-refractivity contribution in [3.63, 3.8) is 0 Å². The minimum absolute atomic E-state index is 0.0396. The van der Waals surface area contributed by atoms with Gasteiger partial charge in [0.05, 0.1) is 13.7 Å². The van der Waals surface area contributed by atoms with E-state index >= 15 is 0 Å². The Morgan fingerprint density at radius 1 is 1.09 bits per heavy atom. The van der Waals surface area contributed by atoms with E-state index in [1.807, 2.05) is 56.3 Å². The van der Waals surface area contributed by atoms with Gasteiger partial charge in [0.25, 0.3) is 0 Å². The Kier molecular flexibility index (Phi) is 5.55. The first-order valence-corrected chi connectivity index (χ1v) is 7.29. The fraction of sp³-hybridized carbons (Fsp3) is 0.278. The fourth-order valence-electron chi connectivity index (χ4n) is 2.13. The Morgan fingerprint density at radius 3 is 2.50 bits per heavy atom. The van der Waals surface area contributed by atoms with E-state index < -0.39 is 0 Å². The van der Waals surface area contributed by atoms with Crippen molar-refractivity contribution in [1.29, 1.82) is 0 Å². The summed E-state index contributed by atoms with van der Waals surface area (Å²) >= 11 is 0. The van der Waals surface area contributed by atoms with Gasteiger partial charge in [-0.15, -0.1) is 0 Å². The van der Waals surface area contributed by atoms with Crippen molar-refractivity contribution >= 4 is 11.6 Å². The third-order valence-electron chi connectivity index (χ3n) is 3.44. The molecule has 2 aromatic rings. The van der Waals surface area contributed by atoms with Crippen molar-refractivity contribution in [2.24, 2.45) is 0 Å². The molecule has 0 saturated heterocycles. The minimum atomic E-state index is -0.0396. The molecule has 116 valence electrons. The molecule has 1 amide bonds. The van der Waals surface area contributed by atoms with Gasteiger partial charge in [-0.25, -0.2) is 0 Å². The minimum Gasteiger partial charge on any atom is -0.497 e. The summed E-state index contributed by atoms with van der Waals surface area (Å²) in [4.78, 5) is 12.0. The van der Waals surface area contributed by atoms with Crippen molar-refractivity contribution in [3.05, 3.63) is 59.2 Å². The number of hydrogen-bond acceptors (Lipinski definition) is 3. The van der Waals surface area contributed by atoms with Crippen LogP contribution in [0.5, 0.6) is 5.75 Å². The van der Waals surface area contributed by atoms with Gasteiger partial charge in [-0.05, 0) is 48.7 Å². The number of hydrogen-bond donors (Lipinski definition) is 2. The zero-order valence-electron chi connectivity index (χ0n) is 13.3. The monoisotopic (exact) mass is 298 g/mol. The molecule has 0 radical (unpaired) electrons. The summed E-state index contributed by atoms with van der Waals surface area (Å²) in [5, 5.41) is 6.07. The highest BCUT2D eigenvalue weighted by molar-refractivity contribution is 5.93. The summed E-state index contributed by atoms with van der Waals surface area (Å²) in [6, 6.07) is 13.8. The van der Waals surface area contributed by atoms with Crippen LogP contribution in [0.3, 0.4) is 0 Å². The zero-order valence-corrected chi connectivity index (χ0v) is 13.3. The number of anilines is 1. The highest BCUT2D eigenvalue weighted by atomic mass is 16.5. The largest absolute Gasteiger partial charge is 0.497 e. The average Bonchev–Trinajstić information content (AvgIpc) is 2.51. The van der Waals surface area contributed by atoms with Crippen molar-refractivity contribution in [2.75, 3.05) is 19.0 Å². The summed E-state index contributed by atoms with van der Waals surface area (Å²) in [5.74, 6) is 0.790. The molecule has 0 saturated carbocycles. The molecule has 0 fully saturated rings. The third kappa shape index (κ3) is 4.60. The van der Waals surface area contributed by atoms with E-state index in [2.05, 4.69) is 10.6 Å². The lowest BCUT2D eigenvalue weighted by Gasteiger charge is -2.10. The van der Waals surface area contributed by atoms with Crippen LogP contribution in [0.4, 0.5) is 5.69 Å². The zero-order chi connectivity index (χ0) is 15.9. The molecular formula is C18H22N2O2. The smallest absolute Gasteiger partial charge is 0.238 e. The van der Waals surface area contributed by atoms with Crippen LogP contribution < -0.4 is 15.4 Å². The predicted molar refractivity (Wildman–Crippen MR) is 89.2 cm³/mol. The molecule has 0 aliphatic rings. The fourth-order valence-corrected chi connectivity index (χ4v) is 2.13. The van der Waals surface area contributed by atoms with Gasteiger partial charge in [0.2, 0.25) is 5.91 Å². The topological polar surface area (TPSA) is 50.4 Å². The second kappa shape index (κ2) is 7.61. The van der Waals surface area contributed by atoms with E-state index in [1.54, 1.807) is 7.11 Å². The van der Waals surface area contributed by atoms with E-state index in [0.717, 1.165) is 28.1 Å². The van der Waals surface area contributed by atoms with Crippen molar-refractivity contribution < 1.29 is 9.53 Å². The maximum atomic E-state index is 12.0. The Labute approximate surface area is 131 Å². The summed E-state index contributed by atoms with van der Waals surface area (Å²) in [6.07, 6.45) is 0. The summed E-state index contributed by atoms with van der Waals surface area (Å²) in [7, 11) is 1.64. The van der Waals surface area contributed by atoms with Crippen LogP contribution in [-0.2, 0) is 11.3 Å². The lowest BCUT2D eigenvalue weighted by atomic mass is 10.1. The van der Waals surface area contributed by atoms with Crippen LogP contribution in [0, 0.1) is 13.8 Å². The van der Waals surface area contributed by atoms with Crippen LogP contribution >= 0.6 is 0 Å². The molecule has 0 unspecified atom stereocenters. The maximum Gasteiger partial charge on any atom is 0.238 e. The lowest BCUT2D eigenvalue weighted by molar-refractivity contribution is -0.115. The van der Waals surface area contributed by atoms with Gasteiger partial charge in [0.15, 0.2) is 0 Å². The Morgan fingerprint density at radius 2 is 1.82 bits per heavy atom. The molecule has 0 atom stereocenters. The third-order valence-corrected chi connectivity index (χ3v) is 3.44. The molecule has 4 nitrogen and oxygen atoms in total. The van der Waals surface area contributed by atoms with Crippen LogP contribution in [0.25, 0.3) is 0 Å². The molecule has 0 aromatic heterocycles. The van der Waals surface area contributed by atoms with Crippen LogP contribution in [0.1, 0.15) is 16.7 Å². The first-order valence-electron chi connectivity index (χ1n) is 7.29. The molecule has 4 heteroatoms. The number of rotatable bonds is 6. The highest BCUT2D eigenvalue weighted by Gasteiger charge is 2.05. The van der Waals surface area contributed by atoms with E-state index in [1.165, 1.54) is 0 Å².